The Bertz CT molecular complexity index is 753. The molecule has 0 aliphatic rings. The number of rotatable bonds is 5. The fourth-order valence-corrected chi connectivity index (χ4v) is 2.88. The van der Waals surface area contributed by atoms with Gasteiger partial charge >= 0.3 is 0 Å². The Labute approximate surface area is 127 Å². The second-order valence-electron chi connectivity index (χ2n) is 4.72. The predicted molar refractivity (Wildman–Crippen MR) is 85.6 cm³/mol. The Morgan fingerprint density at radius 1 is 1.24 bits per heavy atom. The molecule has 1 aromatic carbocycles. The Balaban J connectivity index is 2.04. The van der Waals surface area contributed by atoms with E-state index in [2.05, 4.69) is 27.2 Å². The standard InChI is InChI=1S/C15H17N5S/c1-3-8-16-14-18-12-7-5-4-6-11(12)13(19-14)21-15-17-9-10-20(15)2/h4-7,9-10H,3,8H2,1-2H3,(H,16,18,19). The number of imidazole rings is 1. The van der Waals surface area contributed by atoms with Crippen LogP contribution >= 0.6 is 11.8 Å². The maximum absolute atomic E-state index is 4.64. The molecule has 6 heteroatoms. The van der Waals surface area contributed by atoms with Gasteiger partial charge in [-0.1, -0.05) is 25.1 Å². The summed E-state index contributed by atoms with van der Waals surface area (Å²) in [5.41, 5.74) is 0.947. The summed E-state index contributed by atoms with van der Waals surface area (Å²) < 4.78 is 1.99. The van der Waals surface area contributed by atoms with E-state index in [1.54, 1.807) is 18.0 Å². The normalized spacial score (nSPS) is 11.0. The van der Waals surface area contributed by atoms with Crippen LogP contribution in [0.15, 0.2) is 46.8 Å². The lowest BCUT2D eigenvalue weighted by Crippen LogP contribution is -2.05. The van der Waals surface area contributed by atoms with Crippen molar-refractivity contribution in [3.63, 3.8) is 0 Å². The minimum atomic E-state index is 0.673. The van der Waals surface area contributed by atoms with Gasteiger partial charge < -0.3 is 9.88 Å². The van der Waals surface area contributed by atoms with Gasteiger partial charge in [0.25, 0.3) is 0 Å². The number of fused-ring (bicyclic) bond motifs is 1. The van der Waals surface area contributed by atoms with Crippen LogP contribution in [0.1, 0.15) is 13.3 Å². The summed E-state index contributed by atoms with van der Waals surface area (Å²) in [4.78, 5) is 13.6. The molecule has 0 atom stereocenters. The van der Waals surface area contributed by atoms with E-state index in [1.165, 1.54) is 0 Å². The van der Waals surface area contributed by atoms with Crippen LogP contribution in [0.4, 0.5) is 5.95 Å². The largest absolute Gasteiger partial charge is 0.354 e. The average molecular weight is 299 g/mol. The molecule has 21 heavy (non-hydrogen) atoms. The zero-order valence-corrected chi connectivity index (χ0v) is 12.9. The Kier molecular flexibility index (Phi) is 4.06. The number of anilines is 1. The summed E-state index contributed by atoms with van der Waals surface area (Å²) in [5.74, 6) is 0.673. The van der Waals surface area contributed by atoms with Gasteiger partial charge in [0.15, 0.2) is 5.16 Å². The maximum Gasteiger partial charge on any atom is 0.224 e. The third-order valence-electron chi connectivity index (χ3n) is 3.07. The van der Waals surface area contributed by atoms with Gasteiger partial charge in [-0.05, 0) is 24.2 Å². The molecule has 0 fully saturated rings. The number of nitrogens with zero attached hydrogens (tertiary/aromatic N) is 4. The topological polar surface area (TPSA) is 55.6 Å². The number of hydrogen-bond donors (Lipinski definition) is 1. The molecule has 3 rings (SSSR count). The Morgan fingerprint density at radius 3 is 2.86 bits per heavy atom. The molecule has 0 unspecified atom stereocenters. The lowest BCUT2D eigenvalue weighted by Gasteiger charge is -2.09. The first-order chi connectivity index (χ1) is 10.3. The third-order valence-corrected chi connectivity index (χ3v) is 4.15. The van der Waals surface area contributed by atoms with Gasteiger partial charge in [-0.25, -0.2) is 15.0 Å². The average Bonchev–Trinajstić information content (AvgIpc) is 2.90. The van der Waals surface area contributed by atoms with E-state index in [4.69, 9.17) is 0 Å². The third kappa shape index (κ3) is 3.00. The van der Waals surface area contributed by atoms with Crippen molar-refractivity contribution in [2.45, 2.75) is 23.5 Å². The molecule has 0 amide bonds. The molecule has 2 aromatic heterocycles. The zero-order valence-electron chi connectivity index (χ0n) is 12.1. The van der Waals surface area contributed by atoms with E-state index >= 15 is 0 Å². The minimum Gasteiger partial charge on any atom is -0.354 e. The Hall–Kier alpha value is -2.08. The molecule has 0 aliphatic heterocycles. The summed E-state index contributed by atoms with van der Waals surface area (Å²) in [6.07, 6.45) is 4.77. The first-order valence-electron chi connectivity index (χ1n) is 6.93. The molecule has 0 aliphatic carbocycles. The van der Waals surface area contributed by atoms with E-state index in [0.717, 1.165) is 34.1 Å². The van der Waals surface area contributed by atoms with Crippen molar-refractivity contribution in [3.05, 3.63) is 36.7 Å². The van der Waals surface area contributed by atoms with E-state index < -0.39 is 0 Å². The first kappa shape index (κ1) is 13.9. The van der Waals surface area contributed by atoms with Crippen LogP contribution < -0.4 is 5.32 Å². The number of para-hydroxylation sites is 1. The maximum atomic E-state index is 4.64. The highest BCUT2D eigenvalue weighted by Gasteiger charge is 2.11. The SMILES string of the molecule is CCCNc1nc(Sc2nccn2C)c2ccccc2n1. The molecule has 3 aromatic rings. The van der Waals surface area contributed by atoms with Crippen LogP contribution in [0.3, 0.4) is 0 Å². The monoisotopic (exact) mass is 299 g/mol. The van der Waals surface area contributed by atoms with Crippen molar-refractivity contribution in [2.75, 3.05) is 11.9 Å². The van der Waals surface area contributed by atoms with E-state index in [-0.39, 0.29) is 0 Å². The van der Waals surface area contributed by atoms with Gasteiger partial charge in [-0.3, -0.25) is 0 Å². The molecule has 0 saturated heterocycles. The highest BCUT2D eigenvalue weighted by atomic mass is 32.2. The van der Waals surface area contributed by atoms with Gasteiger partial charge in [0, 0.05) is 31.4 Å². The fraction of sp³-hybridized carbons (Fsp3) is 0.267. The molecule has 1 N–H and O–H groups in total. The molecule has 2 heterocycles. The van der Waals surface area contributed by atoms with Crippen LogP contribution in [0.25, 0.3) is 10.9 Å². The molecule has 108 valence electrons. The summed E-state index contributed by atoms with van der Waals surface area (Å²) >= 11 is 1.56. The van der Waals surface area contributed by atoms with Gasteiger partial charge in [0.1, 0.15) is 5.03 Å². The van der Waals surface area contributed by atoms with Crippen molar-refractivity contribution >= 4 is 28.6 Å². The van der Waals surface area contributed by atoms with Gasteiger partial charge in [-0.2, -0.15) is 0 Å². The first-order valence-corrected chi connectivity index (χ1v) is 7.75. The quantitative estimate of drug-likeness (QED) is 0.732. The highest BCUT2D eigenvalue weighted by Crippen LogP contribution is 2.31. The van der Waals surface area contributed by atoms with E-state index in [9.17, 15) is 0 Å². The fourth-order valence-electron chi connectivity index (χ4n) is 1.98. The van der Waals surface area contributed by atoms with Gasteiger partial charge in [0.2, 0.25) is 5.95 Å². The van der Waals surface area contributed by atoms with Gasteiger partial charge in [0.05, 0.1) is 5.52 Å². The molecular weight excluding hydrogens is 282 g/mol. The van der Waals surface area contributed by atoms with Crippen LogP contribution in [-0.2, 0) is 7.05 Å². The summed E-state index contributed by atoms with van der Waals surface area (Å²) in [6.45, 7) is 2.99. The van der Waals surface area contributed by atoms with E-state index in [1.807, 2.05) is 42.1 Å². The van der Waals surface area contributed by atoms with Crippen molar-refractivity contribution < 1.29 is 0 Å². The second kappa shape index (κ2) is 6.13. The lowest BCUT2D eigenvalue weighted by molar-refractivity contribution is 0.789. The molecule has 0 radical (unpaired) electrons. The van der Waals surface area contributed by atoms with Crippen LogP contribution in [0, 0.1) is 0 Å². The van der Waals surface area contributed by atoms with Crippen molar-refractivity contribution in [1.82, 2.24) is 19.5 Å². The lowest BCUT2D eigenvalue weighted by atomic mass is 10.2. The number of benzene rings is 1. The van der Waals surface area contributed by atoms with Crippen LogP contribution in [0.5, 0.6) is 0 Å². The molecule has 5 nitrogen and oxygen atoms in total. The van der Waals surface area contributed by atoms with Crippen molar-refractivity contribution in [3.8, 4) is 0 Å². The Morgan fingerprint density at radius 2 is 2.10 bits per heavy atom. The number of hydrogen-bond acceptors (Lipinski definition) is 5. The number of aromatic nitrogens is 4. The van der Waals surface area contributed by atoms with Crippen LogP contribution in [0.2, 0.25) is 0 Å². The summed E-state index contributed by atoms with van der Waals surface area (Å²) in [7, 11) is 1.98. The number of aryl methyl sites for hydroxylation is 1. The van der Waals surface area contributed by atoms with Crippen molar-refractivity contribution in [2.24, 2.45) is 7.05 Å². The summed E-state index contributed by atoms with van der Waals surface area (Å²) in [5, 5.41) is 6.15. The van der Waals surface area contributed by atoms with Gasteiger partial charge in [-0.15, -0.1) is 0 Å². The molecule has 0 bridgehead atoms. The van der Waals surface area contributed by atoms with Crippen molar-refractivity contribution in [1.29, 1.82) is 0 Å². The highest BCUT2D eigenvalue weighted by molar-refractivity contribution is 7.99. The predicted octanol–water partition coefficient (Wildman–Crippen LogP) is 3.34. The minimum absolute atomic E-state index is 0.673. The van der Waals surface area contributed by atoms with E-state index in [0.29, 0.717) is 5.95 Å². The second-order valence-corrected chi connectivity index (χ2v) is 5.68. The number of nitrogens with one attached hydrogen (secondary N) is 1. The van der Waals surface area contributed by atoms with Crippen LogP contribution in [-0.4, -0.2) is 26.1 Å². The smallest absolute Gasteiger partial charge is 0.224 e. The molecule has 0 saturated carbocycles. The summed E-state index contributed by atoms with van der Waals surface area (Å²) in [6, 6.07) is 8.06. The molecular formula is C15H17N5S. The zero-order chi connectivity index (χ0) is 14.7. The molecule has 0 spiro atoms.